The van der Waals surface area contributed by atoms with Crippen LogP contribution < -0.4 is 0 Å². The Kier molecular flexibility index (Phi) is 4.73. The van der Waals surface area contributed by atoms with E-state index in [1.54, 1.807) is 24.3 Å². The lowest BCUT2D eigenvalue weighted by Gasteiger charge is -2.38. The monoisotopic (exact) mass is 288 g/mol. The molecular weight excluding hydrogens is 268 g/mol. The lowest BCUT2D eigenvalue weighted by atomic mass is 9.97. The molecule has 0 aliphatic carbocycles. The highest BCUT2D eigenvalue weighted by molar-refractivity contribution is 5.92. The molecule has 0 N–H and O–H groups in total. The maximum absolute atomic E-state index is 12.3. The van der Waals surface area contributed by atoms with Crippen LogP contribution in [0.3, 0.4) is 0 Å². The minimum Gasteiger partial charge on any atom is -0.334 e. The van der Waals surface area contributed by atoms with Crippen molar-refractivity contribution in [2.24, 2.45) is 0 Å². The van der Waals surface area contributed by atoms with Crippen LogP contribution in [0, 0.1) is 10.1 Å². The molecule has 1 aromatic carbocycles. The fourth-order valence-electron chi connectivity index (χ4n) is 2.82. The smallest absolute Gasteiger partial charge is 0.269 e. The van der Waals surface area contributed by atoms with Gasteiger partial charge < -0.3 is 4.90 Å². The molecule has 0 aromatic heterocycles. The zero-order chi connectivity index (χ0) is 15.4. The number of non-ortho nitro benzene ring substituents is 1. The topological polar surface area (TPSA) is 63.5 Å². The fourth-order valence-corrected chi connectivity index (χ4v) is 2.82. The molecule has 0 spiro atoms. The van der Waals surface area contributed by atoms with Crippen molar-refractivity contribution in [1.82, 2.24) is 4.90 Å². The highest BCUT2D eigenvalue weighted by Gasteiger charge is 2.27. The summed E-state index contributed by atoms with van der Waals surface area (Å²) in [7, 11) is 0. The molecule has 2 unspecified atom stereocenters. The van der Waals surface area contributed by atoms with Gasteiger partial charge in [0, 0.05) is 30.3 Å². The molecule has 1 heterocycles. The van der Waals surface area contributed by atoms with Crippen LogP contribution in [0.4, 0.5) is 5.69 Å². The van der Waals surface area contributed by atoms with Gasteiger partial charge in [-0.15, -0.1) is 0 Å². The molecule has 1 saturated heterocycles. The van der Waals surface area contributed by atoms with E-state index in [0.717, 1.165) is 24.8 Å². The van der Waals surface area contributed by atoms with E-state index in [1.807, 2.05) is 4.90 Å². The number of nitrogens with zero attached hydrogens (tertiary/aromatic N) is 2. The Bertz CT molecular complexity index is 541. The van der Waals surface area contributed by atoms with Gasteiger partial charge in [0.15, 0.2) is 0 Å². The van der Waals surface area contributed by atoms with Gasteiger partial charge in [0.05, 0.1) is 4.92 Å². The third-order valence-corrected chi connectivity index (χ3v) is 3.97. The molecule has 1 aliphatic rings. The molecule has 21 heavy (non-hydrogen) atoms. The SMILES string of the molecule is CC1CCCC(C)N1C(=O)C=Cc1ccc([N+](=O)[O-])cc1. The lowest BCUT2D eigenvalue weighted by molar-refractivity contribution is -0.384. The first-order valence-electron chi connectivity index (χ1n) is 7.24. The molecule has 5 heteroatoms. The Balaban J connectivity index is 2.05. The Labute approximate surface area is 124 Å². The van der Waals surface area contributed by atoms with Gasteiger partial charge in [-0.1, -0.05) is 0 Å². The summed E-state index contributed by atoms with van der Waals surface area (Å²) < 4.78 is 0. The van der Waals surface area contributed by atoms with E-state index < -0.39 is 4.92 Å². The van der Waals surface area contributed by atoms with Crippen LogP contribution in [-0.4, -0.2) is 27.8 Å². The van der Waals surface area contributed by atoms with Gasteiger partial charge in [-0.3, -0.25) is 14.9 Å². The third-order valence-electron chi connectivity index (χ3n) is 3.97. The molecule has 0 radical (unpaired) electrons. The van der Waals surface area contributed by atoms with Crippen molar-refractivity contribution in [2.75, 3.05) is 0 Å². The van der Waals surface area contributed by atoms with Crippen molar-refractivity contribution in [2.45, 2.75) is 45.2 Å². The number of nitro groups is 1. The van der Waals surface area contributed by atoms with Crippen molar-refractivity contribution < 1.29 is 9.72 Å². The Morgan fingerprint density at radius 2 is 1.81 bits per heavy atom. The molecule has 1 amide bonds. The Morgan fingerprint density at radius 3 is 2.33 bits per heavy atom. The van der Waals surface area contributed by atoms with Crippen molar-refractivity contribution in [3.05, 3.63) is 46.0 Å². The van der Waals surface area contributed by atoms with Crippen molar-refractivity contribution in [3.63, 3.8) is 0 Å². The van der Waals surface area contributed by atoms with Crippen LogP contribution in [0.1, 0.15) is 38.7 Å². The Hall–Kier alpha value is -2.17. The first-order valence-corrected chi connectivity index (χ1v) is 7.24. The summed E-state index contributed by atoms with van der Waals surface area (Å²) in [4.78, 5) is 24.4. The number of hydrogen-bond acceptors (Lipinski definition) is 3. The van der Waals surface area contributed by atoms with E-state index in [4.69, 9.17) is 0 Å². The van der Waals surface area contributed by atoms with Crippen LogP contribution in [0.15, 0.2) is 30.3 Å². The number of nitro benzene ring substituents is 1. The molecule has 1 aromatic rings. The van der Waals surface area contributed by atoms with E-state index >= 15 is 0 Å². The summed E-state index contributed by atoms with van der Waals surface area (Å²) in [6.07, 6.45) is 6.51. The number of hydrogen-bond donors (Lipinski definition) is 0. The molecule has 112 valence electrons. The minimum atomic E-state index is -0.435. The number of piperidine rings is 1. The van der Waals surface area contributed by atoms with Gasteiger partial charge in [0.1, 0.15) is 0 Å². The molecular formula is C16H20N2O3. The fraction of sp³-hybridized carbons (Fsp3) is 0.438. The predicted molar refractivity (Wildman–Crippen MR) is 81.8 cm³/mol. The van der Waals surface area contributed by atoms with E-state index in [9.17, 15) is 14.9 Å². The quantitative estimate of drug-likeness (QED) is 0.486. The van der Waals surface area contributed by atoms with Gasteiger partial charge >= 0.3 is 0 Å². The van der Waals surface area contributed by atoms with Crippen LogP contribution in [0.2, 0.25) is 0 Å². The van der Waals surface area contributed by atoms with Crippen LogP contribution >= 0.6 is 0 Å². The number of amides is 1. The van der Waals surface area contributed by atoms with Crippen LogP contribution in [0.25, 0.3) is 6.08 Å². The number of carbonyl (C=O) groups excluding carboxylic acids is 1. The second-order valence-corrected chi connectivity index (χ2v) is 5.56. The van der Waals surface area contributed by atoms with Crippen molar-refractivity contribution >= 4 is 17.7 Å². The minimum absolute atomic E-state index is 0.00746. The first-order chi connectivity index (χ1) is 9.99. The van der Waals surface area contributed by atoms with Crippen LogP contribution in [-0.2, 0) is 4.79 Å². The second kappa shape index (κ2) is 6.52. The zero-order valence-electron chi connectivity index (χ0n) is 12.4. The average molecular weight is 288 g/mol. The summed E-state index contributed by atoms with van der Waals surface area (Å²) in [5.74, 6) is 0.00746. The van der Waals surface area contributed by atoms with Gasteiger partial charge in [-0.2, -0.15) is 0 Å². The molecule has 1 aliphatic heterocycles. The summed E-state index contributed by atoms with van der Waals surface area (Å²) in [6, 6.07) is 6.70. The third kappa shape index (κ3) is 3.68. The molecule has 0 saturated carbocycles. The number of likely N-dealkylation sites (tertiary alicyclic amines) is 1. The largest absolute Gasteiger partial charge is 0.334 e. The zero-order valence-corrected chi connectivity index (χ0v) is 12.4. The maximum Gasteiger partial charge on any atom is 0.269 e. The summed E-state index contributed by atoms with van der Waals surface area (Å²) in [5.41, 5.74) is 0.836. The molecule has 5 nitrogen and oxygen atoms in total. The van der Waals surface area contributed by atoms with E-state index in [0.29, 0.717) is 0 Å². The second-order valence-electron chi connectivity index (χ2n) is 5.56. The van der Waals surface area contributed by atoms with Gasteiger partial charge in [-0.25, -0.2) is 0 Å². The number of carbonyl (C=O) groups is 1. The highest BCUT2D eigenvalue weighted by atomic mass is 16.6. The Morgan fingerprint density at radius 1 is 1.24 bits per heavy atom. The summed E-state index contributed by atoms with van der Waals surface area (Å²) in [6.45, 7) is 4.15. The first kappa shape index (κ1) is 15.2. The molecule has 1 fully saturated rings. The maximum atomic E-state index is 12.3. The highest BCUT2D eigenvalue weighted by Crippen LogP contribution is 2.23. The van der Waals surface area contributed by atoms with Gasteiger partial charge in [0.2, 0.25) is 5.91 Å². The van der Waals surface area contributed by atoms with Gasteiger partial charge in [-0.05, 0) is 56.9 Å². The average Bonchev–Trinajstić information content (AvgIpc) is 2.45. The van der Waals surface area contributed by atoms with Crippen molar-refractivity contribution in [1.29, 1.82) is 0 Å². The van der Waals surface area contributed by atoms with Crippen LogP contribution in [0.5, 0.6) is 0 Å². The van der Waals surface area contributed by atoms with E-state index in [1.165, 1.54) is 12.1 Å². The molecule has 2 atom stereocenters. The van der Waals surface area contributed by atoms with Crippen molar-refractivity contribution in [3.8, 4) is 0 Å². The van der Waals surface area contributed by atoms with E-state index in [-0.39, 0.29) is 23.7 Å². The van der Waals surface area contributed by atoms with Gasteiger partial charge in [0.25, 0.3) is 5.69 Å². The standard InChI is InChI=1S/C16H20N2O3/c1-12-4-3-5-13(2)17(12)16(19)11-8-14-6-9-15(10-7-14)18(20)21/h6-13H,3-5H2,1-2H3. The van der Waals surface area contributed by atoms with E-state index in [2.05, 4.69) is 13.8 Å². The normalized spacial score (nSPS) is 22.5. The molecule has 0 bridgehead atoms. The predicted octanol–water partition coefficient (Wildman–Crippen LogP) is 3.40. The summed E-state index contributed by atoms with van der Waals surface area (Å²) in [5, 5.41) is 10.6. The molecule has 2 rings (SSSR count). The number of benzene rings is 1. The lowest BCUT2D eigenvalue weighted by Crippen LogP contribution is -2.46. The summed E-state index contributed by atoms with van der Waals surface area (Å²) >= 11 is 0. The number of rotatable bonds is 3.